The van der Waals surface area contributed by atoms with Crippen LogP contribution in [-0.2, 0) is 17.1 Å². The number of nitrogens with one attached hydrogen (secondary N) is 1. The molecule has 0 unspecified atom stereocenters. The van der Waals surface area contributed by atoms with Crippen LogP contribution in [0, 0.1) is 0 Å². The first-order chi connectivity index (χ1) is 9.70. The number of aromatic nitrogens is 1. The Kier molecular flexibility index (Phi) is 4.31. The van der Waals surface area contributed by atoms with Crippen LogP contribution in [0.5, 0.6) is 0 Å². The van der Waals surface area contributed by atoms with Crippen molar-refractivity contribution in [3.8, 4) is 0 Å². The van der Waals surface area contributed by atoms with Crippen molar-refractivity contribution in [2.24, 2.45) is 7.05 Å². The van der Waals surface area contributed by atoms with Gasteiger partial charge in [-0.25, -0.2) is 13.2 Å². The molecule has 0 saturated carbocycles. The van der Waals surface area contributed by atoms with Crippen molar-refractivity contribution in [2.75, 3.05) is 4.72 Å². The number of nitrogens with zero attached hydrogens (tertiary/aromatic N) is 1. The quantitative estimate of drug-likeness (QED) is 0.836. The van der Waals surface area contributed by atoms with Crippen LogP contribution in [0.4, 0.5) is 5.69 Å². The van der Waals surface area contributed by atoms with Crippen molar-refractivity contribution >= 4 is 49.2 Å². The van der Waals surface area contributed by atoms with E-state index in [1.165, 1.54) is 36.0 Å². The average molecular weight is 394 g/mol. The van der Waals surface area contributed by atoms with Crippen molar-refractivity contribution in [1.82, 2.24) is 4.57 Å². The number of halogens is 2. The highest BCUT2D eigenvalue weighted by molar-refractivity contribution is 9.10. The molecule has 1 aromatic heterocycles. The third-order valence-electron chi connectivity index (χ3n) is 2.68. The molecule has 9 heteroatoms. The summed E-state index contributed by atoms with van der Waals surface area (Å²) in [6, 6.07) is 5.65. The van der Waals surface area contributed by atoms with Gasteiger partial charge in [0.15, 0.2) is 0 Å². The Morgan fingerprint density at radius 3 is 2.57 bits per heavy atom. The number of anilines is 1. The summed E-state index contributed by atoms with van der Waals surface area (Å²) in [7, 11) is -2.42. The number of aryl methyl sites for hydroxylation is 1. The predicted molar refractivity (Wildman–Crippen MR) is 82.3 cm³/mol. The Balaban J connectivity index is 2.36. The lowest BCUT2D eigenvalue weighted by Crippen LogP contribution is -2.12. The first kappa shape index (κ1) is 15.9. The van der Waals surface area contributed by atoms with E-state index in [9.17, 15) is 13.2 Å². The summed E-state index contributed by atoms with van der Waals surface area (Å²) in [6.07, 6.45) is 1.23. The van der Waals surface area contributed by atoms with Gasteiger partial charge in [-0.1, -0.05) is 11.6 Å². The average Bonchev–Trinajstić information content (AvgIpc) is 2.77. The fraction of sp³-hybridized carbons (Fsp3) is 0.0833. The maximum atomic E-state index is 12.2. The summed E-state index contributed by atoms with van der Waals surface area (Å²) < 4.78 is 28.6. The summed E-state index contributed by atoms with van der Waals surface area (Å²) >= 11 is 9.03. The zero-order valence-electron chi connectivity index (χ0n) is 10.7. The Morgan fingerprint density at radius 2 is 2.05 bits per heavy atom. The molecule has 0 aliphatic carbocycles. The number of rotatable bonds is 4. The molecule has 112 valence electrons. The van der Waals surface area contributed by atoms with Crippen LogP contribution < -0.4 is 4.72 Å². The Bertz CT molecular complexity index is 817. The summed E-state index contributed by atoms with van der Waals surface area (Å²) in [4.78, 5) is 10.8. The second-order valence-electron chi connectivity index (χ2n) is 4.21. The zero-order chi connectivity index (χ0) is 15.8. The van der Waals surface area contributed by atoms with Crippen LogP contribution in [-0.4, -0.2) is 24.1 Å². The molecule has 0 atom stereocenters. The van der Waals surface area contributed by atoms with E-state index >= 15 is 0 Å². The highest BCUT2D eigenvalue weighted by Crippen LogP contribution is 2.27. The SMILES string of the molecule is Cn1cc(S(=O)(=O)Nc2ccc(Cl)c(Br)c2)cc1C(=O)O. The number of benzene rings is 1. The van der Waals surface area contributed by atoms with Gasteiger partial charge in [0.05, 0.1) is 10.7 Å². The molecule has 0 saturated heterocycles. The van der Waals surface area contributed by atoms with Crippen molar-refractivity contribution in [2.45, 2.75) is 4.90 Å². The standard InChI is InChI=1S/C12H10BrClN2O4S/c1-16-6-8(5-11(16)12(17)18)21(19,20)15-7-2-3-10(14)9(13)4-7/h2-6,15H,1H3,(H,17,18). The fourth-order valence-corrected chi connectivity index (χ4v) is 3.28. The highest BCUT2D eigenvalue weighted by atomic mass is 79.9. The third-order valence-corrected chi connectivity index (χ3v) is 5.24. The van der Waals surface area contributed by atoms with E-state index in [0.29, 0.717) is 15.2 Å². The molecule has 1 heterocycles. The van der Waals surface area contributed by atoms with E-state index in [1.807, 2.05) is 0 Å². The molecule has 1 aromatic carbocycles. The molecule has 0 radical (unpaired) electrons. The highest BCUT2D eigenvalue weighted by Gasteiger charge is 2.20. The summed E-state index contributed by atoms with van der Waals surface area (Å²) in [6.45, 7) is 0. The van der Waals surface area contributed by atoms with Crippen molar-refractivity contribution in [3.63, 3.8) is 0 Å². The van der Waals surface area contributed by atoms with E-state index in [1.54, 1.807) is 0 Å². The number of carboxylic acid groups (broad SMARTS) is 1. The molecule has 0 spiro atoms. The van der Waals surface area contributed by atoms with E-state index in [4.69, 9.17) is 16.7 Å². The van der Waals surface area contributed by atoms with Gasteiger partial charge in [0, 0.05) is 17.7 Å². The van der Waals surface area contributed by atoms with Gasteiger partial charge >= 0.3 is 5.97 Å². The number of hydrogen-bond acceptors (Lipinski definition) is 3. The topological polar surface area (TPSA) is 88.4 Å². The van der Waals surface area contributed by atoms with Gasteiger partial charge in [-0.3, -0.25) is 4.72 Å². The minimum atomic E-state index is -3.88. The molecule has 6 nitrogen and oxygen atoms in total. The molecule has 2 rings (SSSR count). The number of aromatic carboxylic acids is 1. The molecule has 2 N–H and O–H groups in total. The van der Waals surface area contributed by atoms with Crippen LogP contribution in [0.25, 0.3) is 0 Å². The van der Waals surface area contributed by atoms with Gasteiger partial charge in [-0.2, -0.15) is 0 Å². The van der Waals surface area contributed by atoms with Gasteiger partial charge in [-0.15, -0.1) is 0 Å². The molecule has 2 aromatic rings. The lowest BCUT2D eigenvalue weighted by molar-refractivity contribution is 0.0686. The predicted octanol–water partition coefficient (Wildman–Crippen LogP) is 2.94. The molecule has 0 amide bonds. The van der Waals surface area contributed by atoms with Crippen LogP contribution in [0.15, 0.2) is 39.8 Å². The van der Waals surface area contributed by atoms with E-state index in [2.05, 4.69) is 20.7 Å². The molecular weight excluding hydrogens is 384 g/mol. The van der Waals surface area contributed by atoms with Crippen molar-refractivity contribution in [1.29, 1.82) is 0 Å². The Morgan fingerprint density at radius 1 is 1.38 bits per heavy atom. The van der Waals surface area contributed by atoms with Crippen LogP contribution in [0.2, 0.25) is 5.02 Å². The van der Waals surface area contributed by atoms with Gasteiger partial charge < -0.3 is 9.67 Å². The summed E-state index contributed by atoms with van der Waals surface area (Å²) in [5, 5.41) is 9.39. The molecule has 21 heavy (non-hydrogen) atoms. The second kappa shape index (κ2) is 5.70. The Hall–Kier alpha value is -1.51. The van der Waals surface area contributed by atoms with Crippen molar-refractivity contribution < 1.29 is 18.3 Å². The van der Waals surface area contributed by atoms with Crippen LogP contribution >= 0.6 is 27.5 Å². The molecule has 0 aliphatic rings. The van der Waals surface area contributed by atoms with Gasteiger partial charge in [-0.05, 0) is 40.2 Å². The minimum absolute atomic E-state index is 0.118. The number of hydrogen-bond donors (Lipinski definition) is 2. The molecule has 0 bridgehead atoms. The summed E-state index contributed by atoms with van der Waals surface area (Å²) in [5.41, 5.74) is 0.194. The van der Waals surface area contributed by atoms with E-state index in [0.717, 1.165) is 6.07 Å². The molecule has 0 fully saturated rings. The summed E-state index contributed by atoms with van der Waals surface area (Å²) in [5.74, 6) is -1.20. The number of carboxylic acids is 1. The largest absolute Gasteiger partial charge is 0.477 e. The maximum Gasteiger partial charge on any atom is 0.352 e. The lowest BCUT2D eigenvalue weighted by Gasteiger charge is -2.07. The number of sulfonamides is 1. The lowest BCUT2D eigenvalue weighted by atomic mass is 10.3. The molecular formula is C12H10BrClN2O4S. The van der Waals surface area contributed by atoms with E-state index < -0.39 is 16.0 Å². The smallest absolute Gasteiger partial charge is 0.352 e. The maximum absolute atomic E-state index is 12.2. The van der Waals surface area contributed by atoms with E-state index in [-0.39, 0.29) is 10.6 Å². The van der Waals surface area contributed by atoms with Crippen LogP contribution in [0.3, 0.4) is 0 Å². The zero-order valence-corrected chi connectivity index (χ0v) is 13.8. The fourth-order valence-electron chi connectivity index (χ4n) is 1.67. The van der Waals surface area contributed by atoms with Gasteiger partial charge in [0.25, 0.3) is 10.0 Å². The normalized spacial score (nSPS) is 11.4. The van der Waals surface area contributed by atoms with Gasteiger partial charge in [0.2, 0.25) is 0 Å². The minimum Gasteiger partial charge on any atom is -0.477 e. The Labute approximate surface area is 134 Å². The second-order valence-corrected chi connectivity index (χ2v) is 7.16. The monoisotopic (exact) mass is 392 g/mol. The van der Waals surface area contributed by atoms with Crippen molar-refractivity contribution in [3.05, 3.63) is 45.7 Å². The van der Waals surface area contributed by atoms with Gasteiger partial charge in [0.1, 0.15) is 10.6 Å². The number of carbonyl (C=O) groups is 1. The third kappa shape index (κ3) is 3.39. The first-order valence-electron chi connectivity index (χ1n) is 5.58. The molecule has 0 aliphatic heterocycles. The van der Waals surface area contributed by atoms with Crippen LogP contribution in [0.1, 0.15) is 10.5 Å². The first-order valence-corrected chi connectivity index (χ1v) is 8.23.